The van der Waals surface area contributed by atoms with Crippen molar-refractivity contribution in [3.63, 3.8) is 0 Å². The number of aliphatic hydroxyl groups is 1. The molecule has 0 bridgehead atoms. The van der Waals surface area contributed by atoms with Crippen LogP contribution < -0.4 is 4.72 Å². The largest absolute Gasteiger partial charge is 0.394 e. The molecule has 2 heterocycles. The zero-order valence-corrected chi connectivity index (χ0v) is 12.9. The number of aliphatic hydroxyl groups excluding tert-OH is 1. The minimum Gasteiger partial charge on any atom is -0.394 e. The van der Waals surface area contributed by atoms with Crippen LogP contribution in [0, 0.1) is 0 Å². The maximum Gasteiger partial charge on any atom is 0.260 e. The molecular formula is C13H16ClN3O3S. The lowest BCUT2D eigenvalue weighted by Crippen LogP contribution is -2.49. The molecular weight excluding hydrogens is 314 g/mol. The van der Waals surface area contributed by atoms with Gasteiger partial charge in [0.2, 0.25) is 0 Å². The van der Waals surface area contributed by atoms with E-state index in [-0.39, 0.29) is 16.8 Å². The van der Waals surface area contributed by atoms with Gasteiger partial charge in [-0.15, -0.1) is 0 Å². The number of rotatable bonds is 4. The molecule has 0 saturated heterocycles. The highest BCUT2D eigenvalue weighted by atomic mass is 35.5. The van der Waals surface area contributed by atoms with Crippen molar-refractivity contribution in [2.75, 3.05) is 6.61 Å². The number of hydrogen-bond donors (Lipinski definition) is 2. The van der Waals surface area contributed by atoms with E-state index in [2.05, 4.69) is 9.71 Å². The molecule has 1 aliphatic carbocycles. The van der Waals surface area contributed by atoms with Crippen molar-refractivity contribution in [1.82, 2.24) is 14.1 Å². The van der Waals surface area contributed by atoms with E-state index < -0.39 is 15.6 Å². The smallest absolute Gasteiger partial charge is 0.260 e. The predicted octanol–water partition coefficient (Wildman–Crippen LogP) is 1.57. The lowest BCUT2D eigenvalue weighted by molar-refractivity contribution is 0.185. The fraction of sp³-hybridized carbons (Fsp3) is 0.462. The number of fused-ring (bicyclic) bond motifs is 1. The SMILES string of the molecule is O=S(=O)(NC1(CO)CCCC1)c1c(Cl)nc2ccccn12. The quantitative estimate of drug-likeness (QED) is 0.892. The fourth-order valence-electron chi connectivity index (χ4n) is 2.86. The number of pyridine rings is 1. The van der Waals surface area contributed by atoms with Crippen molar-refractivity contribution in [3.05, 3.63) is 29.5 Å². The van der Waals surface area contributed by atoms with Crippen molar-refractivity contribution >= 4 is 27.3 Å². The Morgan fingerprint density at radius 3 is 2.76 bits per heavy atom. The summed E-state index contributed by atoms with van der Waals surface area (Å²) >= 11 is 6.01. The topological polar surface area (TPSA) is 83.7 Å². The van der Waals surface area contributed by atoms with Gasteiger partial charge in [0.25, 0.3) is 10.0 Å². The average Bonchev–Trinajstić information content (AvgIpc) is 3.02. The molecule has 0 unspecified atom stereocenters. The van der Waals surface area contributed by atoms with Gasteiger partial charge in [0.15, 0.2) is 10.2 Å². The first-order valence-electron chi connectivity index (χ1n) is 6.75. The zero-order chi connectivity index (χ0) is 15.1. The monoisotopic (exact) mass is 329 g/mol. The average molecular weight is 330 g/mol. The highest BCUT2D eigenvalue weighted by Crippen LogP contribution is 2.32. The molecule has 114 valence electrons. The third-order valence-electron chi connectivity index (χ3n) is 3.92. The van der Waals surface area contributed by atoms with Crippen LogP contribution in [0.2, 0.25) is 5.15 Å². The minimum absolute atomic E-state index is 0.0696. The molecule has 8 heteroatoms. The van der Waals surface area contributed by atoms with Gasteiger partial charge >= 0.3 is 0 Å². The van der Waals surface area contributed by atoms with Gasteiger partial charge in [0.1, 0.15) is 5.65 Å². The molecule has 0 amide bonds. The van der Waals surface area contributed by atoms with Crippen LogP contribution in [0.5, 0.6) is 0 Å². The lowest BCUT2D eigenvalue weighted by Gasteiger charge is -2.27. The summed E-state index contributed by atoms with van der Waals surface area (Å²) in [6.07, 6.45) is 4.63. The zero-order valence-electron chi connectivity index (χ0n) is 11.3. The molecule has 0 spiro atoms. The molecule has 0 radical (unpaired) electrons. The van der Waals surface area contributed by atoms with E-state index in [1.165, 1.54) is 4.40 Å². The summed E-state index contributed by atoms with van der Waals surface area (Å²) in [5.41, 5.74) is -0.325. The van der Waals surface area contributed by atoms with Crippen molar-refractivity contribution in [2.24, 2.45) is 0 Å². The van der Waals surface area contributed by atoms with Crippen molar-refractivity contribution < 1.29 is 13.5 Å². The highest BCUT2D eigenvalue weighted by Gasteiger charge is 2.39. The van der Waals surface area contributed by atoms with E-state index >= 15 is 0 Å². The number of hydrogen-bond acceptors (Lipinski definition) is 4. The summed E-state index contributed by atoms with van der Waals surface area (Å²) < 4.78 is 29.4. The summed E-state index contributed by atoms with van der Waals surface area (Å²) in [4.78, 5) is 4.05. The summed E-state index contributed by atoms with van der Waals surface area (Å²) in [6.45, 7) is -0.222. The van der Waals surface area contributed by atoms with Crippen molar-refractivity contribution in [3.8, 4) is 0 Å². The van der Waals surface area contributed by atoms with E-state index in [9.17, 15) is 13.5 Å². The van der Waals surface area contributed by atoms with Gasteiger partial charge in [-0.2, -0.15) is 0 Å². The first-order chi connectivity index (χ1) is 9.97. The number of sulfonamides is 1. The van der Waals surface area contributed by atoms with E-state index in [0.717, 1.165) is 12.8 Å². The Bertz CT molecular complexity index is 766. The fourth-order valence-corrected chi connectivity index (χ4v) is 4.96. The van der Waals surface area contributed by atoms with Crippen LogP contribution >= 0.6 is 11.6 Å². The van der Waals surface area contributed by atoms with E-state index in [4.69, 9.17) is 11.6 Å². The van der Waals surface area contributed by atoms with Crippen LogP contribution in [-0.2, 0) is 10.0 Å². The van der Waals surface area contributed by atoms with Crippen LogP contribution in [0.15, 0.2) is 29.4 Å². The van der Waals surface area contributed by atoms with Gasteiger partial charge < -0.3 is 5.11 Å². The van der Waals surface area contributed by atoms with Crippen LogP contribution in [0.3, 0.4) is 0 Å². The molecule has 0 aromatic carbocycles. The van der Waals surface area contributed by atoms with Crippen LogP contribution in [-0.4, -0.2) is 35.1 Å². The number of halogens is 1. The molecule has 2 aromatic rings. The second-order valence-electron chi connectivity index (χ2n) is 5.39. The Balaban J connectivity index is 2.06. The van der Waals surface area contributed by atoms with Gasteiger partial charge in [-0.1, -0.05) is 30.5 Å². The summed E-state index contributed by atoms with van der Waals surface area (Å²) in [6, 6.07) is 5.15. The summed E-state index contributed by atoms with van der Waals surface area (Å²) in [5, 5.41) is 9.42. The number of nitrogens with one attached hydrogen (secondary N) is 1. The van der Waals surface area contributed by atoms with Crippen LogP contribution in [0.25, 0.3) is 5.65 Å². The third-order valence-corrected chi connectivity index (χ3v) is 5.89. The van der Waals surface area contributed by atoms with Gasteiger partial charge in [-0.3, -0.25) is 4.40 Å². The molecule has 2 N–H and O–H groups in total. The number of imidazole rings is 1. The Morgan fingerprint density at radius 2 is 2.10 bits per heavy atom. The van der Waals surface area contributed by atoms with Gasteiger partial charge in [0, 0.05) is 6.20 Å². The van der Waals surface area contributed by atoms with Gasteiger partial charge in [-0.25, -0.2) is 18.1 Å². The minimum atomic E-state index is -3.87. The standard InChI is InChI=1S/C13H16ClN3O3S/c14-11-12(17-8-4-1-5-10(17)15-11)21(19,20)16-13(9-18)6-2-3-7-13/h1,4-5,8,16,18H,2-3,6-7,9H2. The Hall–Kier alpha value is -1.15. The Labute approximate surface area is 127 Å². The van der Waals surface area contributed by atoms with Gasteiger partial charge in [0.05, 0.1) is 12.1 Å². The molecule has 3 rings (SSSR count). The van der Waals surface area contributed by atoms with E-state index in [1.54, 1.807) is 24.4 Å². The molecule has 2 aromatic heterocycles. The van der Waals surface area contributed by atoms with Crippen LogP contribution in [0.1, 0.15) is 25.7 Å². The van der Waals surface area contributed by atoms with Crippen LogP contribution in [0.4, 0.5) is 0 Å². The Morgan fingerprint density at radius 1 is 1.38 bits per heavy atom. The number of aromatic nitrogens is 2. The molecule has 21 heavy (non-hydrogen) atoms. The molecule has 0 aliphatic heterocycles. The normalized spacial score (nSPS) is 18.4. The number of nitrogens with zero attached hydrogens (tertiary/aromatic N) is 2. The molecule has 1 aliphatic rings. The molecule has 1 fully saturated rings. The maximum atomic E-state index is 12.7. The Kier molecular flexibility index (Phi) is 3.69. The molecule has 1 saturated carbocycles. The highest BCUT2D eigenvalue weighted by molar-refractivity contribution is 7.89. The predicted molar refractivity (Wildman–Crippen MR) is 78.8 cm³/mol. The molecule has 6 nitrogen and oxygen atoms in total. The lowest BCUT2D eigenvalue weighted by atomic mass is 10.0. The van der Waals surface area contributed by atoms with Crippen molar-refractivity contribution in [1.29, 1.82) is 0 Å². The van der Waals surface area contributed by atoms with Gasteiger partial charge in [-0.05, 0) is 25.0 Å². The summed E-state index contributed by atoms with van der Waals surface area (Å²) in [7, 11) is -3.87. The van der Waals surface area contributed by atoms with Crippen molar-refractivity contribution in [2.45, 2.75) is 36.2 Å². The van der Waals surface area contributed by atoms with E-state index in [0.29, 0.717) is 18.5 Å². The summed E-state index contributed by atoms with van der Waals surface area (Å²) in [5.74, 6) is 0. The first-order valence-corrected chi connectivity index (χ1v) is 8.61. The second kappa shape index (κ2) is 5.24. The maximum absolute atomic E-state index is 12.7. The second-order valence-corrected chi connectivity index (χ2v) is 7.34. The first kappa shape index (κ1) is 14.8. The molecule has 0 atom stereocenters. The third kappa shape index (κ3) is 2.55. The van der Waals surface area contributed by atoms with E-state index in [1.807, 2.05) is 0 Å².